The number of ether oxygens (including phenoxy) is 1. The van der Waals surface area contributed by atoms with Crippen molar-refractivity contribution in [2.24, 2.45) is 7.05 Å². The van der Waals surface area contributed by atoms with E-state index in [4.69, 9.17) is 9.57 Å². The highest BCUT2D eigenvalue weighted by Gasteiger charge is 2.36. The van der Waals surface area contributed by atoms with Crippen molar-refractivity contribution in [1.29, 1.82) is 0 Å². The minimum absolute atomic E-state index is 0.132. The molecule has 154 valence electrons. The number of aromatic nitrogens is 2. The Kier molecular flexibility index (Phi) is 4.68. The maximum Gasteiger partial charge on any atom is 0.431 e. The Bertz CT molecular complexity index is 1150. The SMILES string of the molecule is CC(=O)OC1C(=O)NOc2cc(F)c(-n3c(=O)cc(C(F)(F)F)n(C)c3=O)cc21. The van der Waals surface area contributed by atoms with Crippen LogP contribution in [0.25, 0.3) is 5.69 Å². The maximum atomic E-state index is 14.5. The monoisotopic (exact) mass is 417 g/mol. The summed E-state index contributed by atoms with van der Waals surface area (Å²) < 4.78 is 58.6. The van der Waals surface area contributed by atoms with Gasteiger partial charge in [-0.3, -0.25) is 19.0 Å². The Balaban J connectivity index is 2.27. The summed E-state index contributed by atoms with van der Waals surface area (Å²) in [5.74, 6) is -3.29. The third kappa shape index (κ3) is 3.46. The lowest BCUT2D eigenvalue weighted by Gasteiger charge is -2.25. The minimum atomic E-state index is -4.99. The van der Waals surface area contributed by atoms with E-state index in [9.17, 15) is 36.7 Å². The van der Waals surface area contributed by atoms with Gasteiger partial charge in [-0.05, 0) is 6.07 Å². The second kappa shape index (κ2) is 6.76. The number of hydrogen-bond donors (Lipinski definition) is 1. The average Bonchev–Trinajstić information content (AvgIpc) is 2.60. The van der Waals surface area contributed by atoms with E-state index in [0.29, 0.717) is 6.07 Å². The van der Waals surface area contributed by atoms with Crippen molar-refractivity contribution in [3.8, 4) is 11.4 Å². The molecule has 1 N–H and O–H groups in total. The van der Waals surface area contributed by atoms with Gasteiger partial charge in [0.2, 0.25) is 6.10 Å². The average molecular weight is 417 g/mol. The number of benzene rings is 1. The third-order valence-corrected chi connectivity index (χ3v) is 4.00. The first-order valence-electron chi connectivity index (χ1n) is 7.80. The first-order valence-corrected chi connectivity index (χ1v) is 7.80. The molecule has 0 spiro atoms. The first-order chi connectivity index (χ1) is 13.4. The Hall–Kier alpha value is -3.64. The van der Waals surface area contributed by atoms with Crippen LogP contribution in [0.15, 0.2) is 27.8 Å². The van der Waals surface area contributed by atoms with Crippen LogP contribution in [0.4, 0.5) is 17.6 Å². The largest absolute Gasteiger partial charge is 0.447 e. The molecule has 0 radical (unpaired) electrons. The number of hydroxylamine groups is 1. The topological polar surface area (TPSA) is 109 Å². The molecule has 1 unspecified atom stereocenters. The van der Waals surface area contributed by atoms with E-state index in [1.54, 1.807) is 0 Å². The minimum Gasteiger partial charge on any atom is -0.447 e. The molecular formula is C16H11F4N3O6. The zero-order valence-electron chi connectivity index (χ0n) is 14.7. The van der Waals surface area contributed by atoms with Crippen molar-refractivity contribution in [1.82, 2.24) is 14.6 Å². The molecule has 0 aliphatic carbocycles. The molecule has 29 heavy (non-hydrogen) atoms. The van der Waals surface area contributed by atoms with Crippen molar-refractivity contribution in [3.63, 3.8) is 0 Å². The standard InChI is InChI=1S/C16H11F4N3O6/c1-6(24)28-13-7-3-9(8(17)4-10(7)29-21-14(13)26)23-12(25)5-11(16(18,19)20)22(2)15(23)27/h3-5,13H,1-2H3,(H,21,26). The number of halogens is 4. The molecule has 3 rings (SSSR count). The molecule has 0 fully saturated rings. The van der Waals surface area contributed by atoms with Crippen LogP contribution in [0.1, 0.15) is 24.3 Å². The summed E-state index contributed by atoms with van der Waals surface area (Å²) in [5, 5.41) is 0. The van der Waals surface area contributed by atoms with Crippen LogP contribution in [0.3, 0.4) is 0 Å². The van der Waals surface area contributed by atoms with Crippen LogP contribution in [-0.2, 0) is 27.5 Å². The summed E-state index contributed by atoms with van der Waals surface area (Å²) in [6.07, 6.45) is -6.59. The second-order valence-corrected chi connectivity index (χ2v) is 5.94. The van der Waals surface area contributed by atoms with Gasteiger partial charge in [0.1, 0.15) is 5.69 Å². The number of carbonyl (C=O) groups is 2. The molecular weight excluding hydrogens is 406 g/mol. The number of amides is 1. The fourth-order valence-corrected chi connectivity index (χ4v) is 2.73. The molecule has 1 aliphatic rings. The zero-order chi connectivity index (χ0) is 21.7. The third-order valence-electron chi connectivity index (χ3n) is 4.00. The van der Waals surface area contributed by atoms with Gasteiger partial charge in [-0.15, -0.1) is 0 Å². The van der Waals surface area contributed by atoms with Gasteiger partial charge < -0.3 is 9.57 Å². The number of nitrogens with zero attached hydrogens (tertiary/aromatic N) is 2. The fraction of sp³-hybridized carbons (Fsp3) is 0.250. The fourth-order valence-electron chi connectivity index (χ4n) is 2.73. The predicted octanol–water partition coefficient (Wildman–Crippen LogP) is 0.722. The maximum absolute atomic E-state index is 14.5. The van der Waals surface area contributed by atoms with E-state index in [-0.39, 0.29) is 26.5 Å². The predicted molar refractivity (Wildman–Crippen MR) is 85.5 cm³/mol. The number of nitrogens with one attached hydrogen (secondary N) is 1. The van der Waals surface area contributed by atoms with Gasteiger partial charge in [-0.25, -0.2) is 13.8 Å². The Morgan fingerprint density at radius 2 is 1.86 bits per heavy atom. The van der Waals surface area contributed by atoms with Crippen molar-refractivity contribution < 1.29 is 36.7 Å². The molecule has 1 aromatic heterocycles. The van der Waals surface area contributed by atoms with E-state index in [0.717, 1.165) is 20.0 Å². The highest BCUT2D eigenvalue weighted by atomic mass is 19.4. The van der Waals surface area contributed by atoms with E-state index >= 15 is 0 Å². The van der Waals surface area contributed by atoms with E-state index in [1.807, 2.05) is 5.48 Å². The Morgan fingerprint density at radius 1 is 1.21 bits per heavy atom. The molecule has 1 aliphatic heterocycles. The number of carbonyl (C=O) groups excluding carboxylic acids is 2. The second-order valence-electron chi connectivity index (χ2n) is 5.94. The number of fused-ring (bicyclic) bond motifs is 1. The van der Waals surface area contributed by atoms with E-state index < -0.39 is 52.6 Å². The lowest BCUT2D eigenvalue weighted by Crippen LogP contribution is -2.42. The molecule has 0 saturated carbocycles. The van der Waals surface area contributed by atoms with Gasteiger partial charge in [0.25, 0.3) is 11.5 Å². The molecule has 1 atom stereocenters. The molecule has 2 aromatic rings. The summed E-state index contributed by atoms with van der Waals surface area (Å²) in [7, 11) is 0.760. The summed E-state index contributed by atoms with van der Waals surface area (Å²) >= 11 is 0. The number of esters is 1. The molecule has 0 bridgehead atoms. The van der Waals surface area contributed by atoms with Crippen molar-refractivity contribution in [2.75, 3.05) is 0 Å². The molecule has 0 saturated heterocycles. The van der Waals surface area contributed by atoms with Gasteiger partial charge in [0.15, 0.2) is 11.6 Å². The smallest absolute Gasteiger partial charge is 0.431 e. The van der Waals surface area contributed by atoms with Crippen LogP contribution in [0.5, 0.6) is 5.75 Å². The quantitative estimate of drug-likeness (QED) is 0.570. The van der Waals surface area contributed by atoms with Crippen molar-refractivity contribution in [2.45, 2.75) is 19.2 Å². The Morgan fingerprint density at radius 3 is 2.45 bits per heavy atom. The Labute approximate surface area is 158 Å². The highest BCUT2D eigenvalue weighted by Crippen LogP contribution is 2.34. The molecule has 9 nitrogen and oxygen atoms in total. The van der Waals surface area contributed by atoms with Crippen LogP contribution in [0.2, 0.25) is 0 Å². The highest BCUT2D eigenvalue weighted by molar-refractivity contribution is 5.86. The summed E-state index contributed by atoms with van der Waals surface area (Å²) in [4.78, 5) is 52.5. The van der Waals surface area contributed by atoms with Gasteiger partial charge in [0, 0.05) is 31.7 Å². The van der Waals surface area contributed by atoms with Gasteiger partial charge >= 0.3 is 17.8 Å². The van der Waals surface area contributed by atoms with Crippen LogP contribution < -0.4 is 21.6 Å². The first kappa shape index (κ1) is 20.1. The zero-order valence-corrected chi connectivity index (χ0v) is 14.7. The lowest BCUT2D eigenvalue weighted by atomic mass is 10.0. The molecule has 1 amide bonds. The van der Waals surface area contributed by atoms with Crippen LogP contribution in [0, 0.1) is 5.82 Å². The van der Waals surface area contributed by atoms with E-state index in [2.05, 4.69) is 0 Å². The molecule has 13 heteroatoms. The van der Waals surface area contributed by atoms with Gasteiger partial charge in [-0.1, -0.05) is 0 Å². The number of hydrogen-bond acceptors (Lipinski definition) is 6. The van der Waals surface area contributed by atoms with Crippen LogP contribution >= 0.6 is 0 Å². The van der Waals surface area contributed by atoms with Gasteiger partial charge in [-0.2, -0.15) is 18.7 Å². The van der Waals surface area contributed by atoms with E-state index in [1.165, 1.54) is 0 Å². The van der Waals surface area contributed by atoms with Crippen LogP contribution in [-0.4, -0.2) is 21.0 Å². The van der Waals surface area contributed by atoms with Gasteiger partial charge in [0.05, 0.1) is 5.69 Å². The van der Waals surface area contributed by atoms with Crippen molar-refractivity contribution in [3.05, 3.63) is 56.1 Å². The van der Waals surface area contributed by atoms with Crippen molar-refractivity contribution >= 4 is 11.9 Å². The lowest BCUT2D eigenvalue weighted by molar-refractivity contribution is -0.159. The summed E-state index contributed by atoms with van der Waals surface area (Å²) in [5.41, 5.74) is -3.53. The number of alkyl halides is 3. The normalized spacial score (nSPS) is 15.9. The number of rotatable bonds is 2. The summed E-state index contributed by atoms with van der Waals surface area (Å²) in [6, 6.07) is 1.63. The molecule has 1 aromatic carbocycles. The molecule has 2 heterocycles. The summed E-state index contributed by atoms with van der Waals surface area (Å²) in [6.45, 7) is 1.00.